The minimum atomic E-state index is 0.352. The highest BCUT2D eigenvalue weighted by molar-refractivity contribution is 5.48. The molecule has 0 spiro atoms. The van der Waals surface area contributed by atoms with Crippen molar-refractivity contribution in [1.82, 2.24) is 5.32 Å². The first-order valence-corrected chi connectivity index (χ1v) is 7.86. The van der Waals surface area contributed by atoms with Crippen LogP contribution >= 0.6 is 0 Å². The summed E-state index contributed by atoms with van der Waals surface area (Å²) in [7, 11) is 0. The van der Waals surface area contributed by atoms with Crippen LogP contribution in [0.3, 0.4) is 0 Å². The van der Waals surface area contributed by atoms with Gasteiger partial charge in [-0.15, -0.1) is 0 Å². The van der Waals surface area contributed by atoms with Crippen LogP contribution in [0, 0.1) is 11.8 Å². The zero-order valence-corrected chi connectivity index (χ0v) is 12.5. The van der Waals surface area contributed by atoms with Crippen molar-refractivity contribution < 1.29 is 9.47 Å². The Bertz CT molecular complexity index is 458. The van der Waals surface area contributed by atoms with E-state index in [0.29, 0.717) is 12.8 Å². The number of rotatable bonds is 4. The standard InChI is InChI=1S/C17H25NO2/c1-12(2)14-7-3-4-8-15(14)18-10-13-6-5-9-16-17(13)20-11-19-16/h5-6,9,12,14-15,18H,3-4,7-8,10-11H2,1-2H3. The Hall–Kier alpha value is -1.22. The van der Waals surface area contributed by atoms with Gasteiger partial charge in [-0.05, 0) is 30.7 Å². The number of benzene rings is 1. The number of fused-ring (bicyclic) bond motifs is 1. The fraction of sp³-hybridized carbons (Fsp3) is 0.647. The summed E-state index contributed by atoms with van der Waals surface area (Å²) < 4.78 is 11.0. The molecule has 3 rings (SSSR count). The molecular weight excluding hydrogens is 250 g/mol. The van der Waals surface area contributed by atoms with Crippen LogP contribution in [0.1, 0.15) is 45.1 Å². The van der Waals surface area contributed by atoms with Crippen LogP contribution < -0.4 is 14.8 Å². The van der Waals surface area contributed by atoms with E-state index >= 15 is 0 Å². The first kappa shape index (κ1) is 13.7. The Morgan fingerprint density at radius 1 is 1.20 bits per heavy atom. The largest absolute Gasteiger partial charge is 0.454 e. The Morgan fingerprint density at radius 3 is 2.90 bits per heavy atom. The number of hydrogen-bond acceptors (Lipinski definition) is 3. The van der Waals surface area contributed by atoms with E-state index in [2.05, 4.69) is 25.2 Å². The van der Waals surface area contributed by atoms with E-state index in [9.17, 15) is 0 Å². The van der Waals surface area contributed by atoms with Gasteiger partial charge in [0, 0.05) is 18.2 Å². The molecule has 3 heteroatoms. The quantitative estimate of drug-likeness (QED) is 0.908. The van der Waals surface area contributed by atoms with Crippen LogP contribution in [0.5, 0.6) is 11.5 Å². The van der Waals surface area contributed by atoms with Crippen LogP contribution in [0.2, 0.25) is 0 Å². The Balaban J connectivity index is 1.65. The molecule has 2 atom stereocenters. The third-order valence-corrected chi connectivity index (χ3v) is 4.71. The number of nitrogens with one attached hydrogen (secondary N) is 1. The molecule has 0 saturated heterocycles. The molecule has 0 amide bonds. The third-order valence-electron chi connectivity index (χ3n) is 4.71. The van der Waals surface area contributed by atoms with E-state index in [0.717, 1.165) is 29.9 Å². The summed E-state index contributed by atoms with van der Waals surface area (Å²) in [6.07, 6.45) is 5.41. The highest BCUT2D eigenvalue weighted by Crippen LogP contribution is 2.36. The molecule has 1 fully saturated rings. The number of hydrogen-bond donors (Lipinski definition) is 1. The zero-order valence-electron chi connectivity index (χ0n) is 12.5. The van der Waals surface area contributed by atoms with Gasteiger partial charge in [0.05, 0.1) is 0 Å². The topological polar surface area (TPSA) is 30.5 Å². The minimum Gasteiger partial charge on any atom is -0.454 e. The lowest BCUT2D eigenvalue weighted by Gasteiger charge is -2.35. The van der Waals surface area contributed by atoms with E-state index in [1.165, 1.54) is 31.2 Å². The van der Waals surface area contributed by atoms with Gasteiger partial charge in [0.2, 0.25) is 6.79 Å². The summed E-state index contributed by atoms with van der Waals surface area (Å²) in [5.74, 6) is 3.37. The molecule has 2 unspecified atom stereocenters. The first-order chi connectivity index (χ1) is 9.75. The molecule has 0 bridgehead atoms. The van der Waals surface area contributed by atoms with Gasteiger partial charge in [0.15, 0.2) is 11.5 Å². The van der Waals surface area contributed by atoms with Crippen LogP contribution in [-0.4, -0.2) is 12.8 Å². The molecule has 1 aliphatic heterocycles. The van der Waals surface area contributed by atoms with E-state index in [4.69, 9.17) is 9.47 Å². The highest BCUT2D eigenvalue weighted by atomic mass is 16.7. The van der Waals surface area contributed by atoms with Crippen molar-refractivity contribution in [1.29, 1.82) is 0 Å². The third kappa shape index (κ3) is 2.78. The lowest BCUT2D eigenvalue weighted by atomic mass is 9.78. The number of para-hydroxylation sites is 1. The summed E-state index contributed by atoms with van der Waals surface area (Å²) in [5.41, 5.74) is 1.22. The van der Waals surface area contributed by atoms with Gasteiger partial charge < -0.3 is 14.8 Å². The average molecular weight is 275 g/mol. The second-order valence-corrected chi connectivity index (χ2v) is 6.33. The first-order valence-electron chi connectivity index (χ1n) is 7.86. The van der Waals surface area contributed by atoms with Crippen LogP contribution in [0.4, 0.5) is 0 Å². The van der Waals surface area contributed by atoms with Gasteiger partial charge in [0.1, 0.15) is 0 Å². The van der Waals surface area contributed by atoms with Crippen LogP contribution in [0.15, 0.2) is 18.2 Å². The average Bonchev–Trinajstić information content (AvgIpc) is 2.94. The summed E-state index contributed by atoms with van der Waals surface area (Å²) >= 11 is 0. The van der Waals surface area contributed by atoms with Crippen LogP contribution in [-0.2, 0) is 6.54 Å². The molecule has 1 aromatic carbocycles. The van der Waals surface area contributed by atoms with Crippen molar-refractivity contribution in [3.63, 3.8) is 0 Å². The summed E-state index contributed by atoms with van der Waals surface area (Å²) in [5, 5.41) is 3.76. The van der Waals surface area contributed by atoms with E-state index in [1.807, 2.05) is 12.1 Å². The van der Waals surface area contributed by atoms with Crippen molar-refractivity contribution in [2.24, 2.45) is 11.8 Å². The van der Waals surface area contributed by atoms with Gasteiger partial charge in [-0.2, -0.15) is 0 Å². The molecule has 110 valence electrons. The number of ether oxygens (including phenoxy) is 2. The van der Waals surface area contributed by atoms with Gasteiger partial charge in [-0.25, -0.2) is 0 Å². The second-order valence-electron chi connectivity index (χ2n) is 6.33. The molecule has 0 aromatic heterocycles. The molecule has 1 N–H and O–H groups in total. The summed E-state index contributed by atoms with van der Waals surface area (Å²) in [6.45, 7) is 5.93. The molecule has 1 aromatic rings. The van der Waals surface area contributed by atoms with Gasteiger partial charge in [-0.1, -0.05) is 38.8 Å². The summed E-state index contributed by atoms with van der Waals surface area (Å²) in [4.78, 5) is 0. The maximum absolute atomic E-state index is 5.58. The van der Waals surface area contributed by atoms with Gasteiger partial charge >= 0.3 is 0 Å². The van der Waals surface area contributed by atoms with Crippen LogP contribution in [0.25, 0.3) is 0 Å². The fourth-order valence-corrected chi connectivity index (χ4v) is 3.58. The second kappa shape index (κ2) is 6.04. The SMILES string of the molecule is CC(C)C1CCCCC1NCc1cccc2c1OCO2. The van der Waals surface area contributed by atoms with Crippen molar-refractivity contribution in [2.45, 2.75) is 52.1 Å². The molecule has 2 aliphatic rings. The Kier molecular flexibility index (Phi) is 4.16. The maximum atomic E-state index is 5.58. The predicted octanol–water partition coefficient (Wildman–Crippen LogP) is 3.72. The minimum absolute atomic E-state index is 0.352. The van der Waals surface area contributed by atoms with Crippen molar-refractivity contribution >= 4 is 0 Å². The van der Waals surface area contributed by atoms with E-state index in [1.54, 1.807) is 0 Å². The van der Waals surface area contributed by atoms with Crippen molar-refractivity contribution in [2.75, 3.05) is 6.79 Å². The van der Waals surface area contributed by atoms with Gasteiger partial charge in [0.25, 0.3) is 0 Å². The molecule has 1 saturated carbocycles. The van der Waals surface area contributed by atoms with E-state index < -0.39 is 0 Å². The molecule has 1 heterocycles. The fourth-order valence-electron chi connectivity index (χ4n) is 3.58. The lowest BCUT2D eigenvalue weighted by Crippen LogP contribution is -2.40. The molecular formula is C17H25NO2. The van der Waals surface area contributed by atoms with Crippen molar-refractivity contribution in [3.8, 4) is 11.5 Å². The molecule has 0 radical (unpaired) electrons. The molecule has 1 aliphatic carbocycles. The molecule has 20 heavy (non-hydrogen) atoms. The Labute approximate surface area is 121 Å². The lowest BCUT2D eigenvalue weighted by molar-refractivity contribution is 0.172. The zero-order chi connectivity index (χ0) is 13.9. The van der Waals surface area contributed by atoms with Gasteiger partial charge in [-0.3, -0.25) is 0 Å². The monoisotopic (exact) mass is 275 g/mol. The van der Waals surface area contributed by atoms with E-state index in [-0.39, 0.29) is 0 Å². The normalized spacial score (nSPS) is 25.1. The summed E-state index contributed by atoms with van der Waals surface area (Å²) in [6, 6.07) is 6.80. The smallest absolute Gasteiger partial charge is 0.231 e. The Morgan fingerprint density at radius 2 is 2.05 bits per heavy atom. The predicted molar refractivity (Wildman–Crippen MR) is 80.0 cm³/mol. The van der Waals surface area contributed by atoms with Crippen molar-refractivity contribution in [3.05, 3.63) is 23.8 Å². The maximum Gasteiger partial charge on any atom is 0.231 e. The highest BCUT2D eigenvalue weighted by Gasteiger charge is 2.27. The molecule has 3 nitrogen and oxygen atoms in total.